The van der Waals surface area contributed by atoms with Gasteiger partial charge in [0.1, 0.15) is 34.9 Å². The number of phenolic OH excluding ortho intramolecular Hbond substituents is 1. The first-order chi connectivity index (χ1) is 12.2. The highest BCUT2D eigenvalue weighted by Crippen LogP contribution is 2.50. The third kappa shape index (κ3) is 2.50. The number of carbonyl (C=O) groups excluding carboxylic acids is 3. The van der Waals surface area contributed by atoms with E-state index < -0.39 is 35.3 Å². The molecule has 0 radical (unpaired) electrons. The van der Waals surface area contributed by atoms with Gasteiger partial charge in [-0.1, -0.05) is 12.2 Å². The van der Waals surface area contributed by atoms with Gasteiger partial charge in [-0.2, -0.15) is 0 Å². The van der Waals surface area contributed by atoms with Crippen LogP contribution in [0.5, 0.6) is 11.5 Å². The largest absolute Gasteiger partial charge is 0.507 e. The van der Waals surface area contributed by atoms with Crippen LogP contribution in [-0.4, -0.2) is 46.6 Å². The van der Waals surface area contributed by atoms with Gasteiger partial charge in [0.05, 0.1) is 7.11 Å². The third-order valence-electron chi connectivity index (χ3n) is 4.93. The Hall–Kier alpha value is -2.67. The van der Waals surface area contributed by atoms with Crippen LogP contribution < -0.4 is 4.74 Å². The van der Waals surface area contributed by atoms with Gasteiger partial charge in [0.2, 0.25) is 11.4 Å². The van der Waals surface area contributed by atoms with E-state index in [0.717, 1.165) is 0 Å². The van der Waals surface area contributed by atoms with Crippen LogP contribution in [-0.2, 0) is 14.3 Å². The van der Waals surface area contributed by atoms with Gasteiger partial charge >= 0.3 is 5.97 Å². The molecule has 7 heteroatoms. The van der Waals surface area contributed by atoms with E-state index in [-0.39, 0.29) is 29.3 Å². The molecule has 0 bridgehead atoms. The number of methoxy groups -OCH3 is 1. The third-order valence-corrected chi connectivity index (χ3v) is 4.93. The van der Waals surface area contributed by atoms with E-state index in [4.69, 9.17) is 9.47 Å². The van der Waals surface area contributed by atoms with E-state index in [9.17, 15) is 24.6 Å². The molecule has 0 aromatic heterocycles. The lowest BCUT2D eigenvalue weighted by atomic mass is 9.67. The summed E-state index contributed by atoms with van der Waals surface area (Å²) in [5.74, 6) is -3.74. The lowest BCUT2D eigenvalue weighted by molar-refractivity contribution is -0.159. The highest BCUT2D eigenvalue weighted by molar-refractivity contribution is 6.12. The number of benzene rings is 1. The van der Waals surface area contributed by atoms with Gasteiger partial charge in [-0.3, -0.25) is 9.59 Å². The van der Waals surface area contributed by atoms with E-state index in [2.05, 4.69) is 0 Å². The normalized spacial score (nSPS) is 29.4. The molecule has 0 unspecified atom stereocenters. The van der Waals surface area contributed by atoms with Gasteiger partial charge in [0, 0.05) is 12.3 Å². The number of hydrogen-bond donors (Lipinski definition) is 2. The minimum atomic E-state index is -1.98. The molecule has 7 nitrogen and oxygen atoms in total. The van der Waals surface area contributed by atoms with Crippen molar-refractivity contribution in [1.29, 1.82) is 0 Å². The van der Waals surface area contributed by atoms with Crippen LogP contribution in [0.3, 0.4) is 0 Å². The van der Waals surface area contributed by atoms with Crippen LogP contribution in [0.1, 0.15) is 29.3 Å². The summed E-state index contributed by atoms with van der Waals surface area (Å²) in [6.45, 7) is 3.09. The lowest BCUT2D eigenvalue weighted by Crippen LogP contribution is -2.62. The second-order valence-electron chi connectivity index (χ2n) is 6.78. The Labute approximate surface area is 150 Å². The molecule has 1 aliphatic heterocycles. The van der Waals surface area contributed by atoms with E-state index in [0.29, 0.717) is 5.56 Å². The molecule has 1 aromatic carbocycles. The zero-order valence-electron chi connectivity index (χ0n) is 14.7. The fraction of sp³-hybridized carbons (Fsp3) is 0.421. The zero-order valence-corrected chi connectivity index (χ0v) is 14.7. The lowest BCUT2D eigenvalue weighted by Gasteiger charge is -2.41. The molecule has 0 saturated heterocycles. The van der Waals surface area contributed by atoms with Gasteiger partial charge in [-0.15, -0.1) is 0 Å². The Kier molecular flexibility index (Phi) is 4.36. The Morgan fingerprint density at radius 2 is 2.00 bits per heavy atom. The van der Waals surface area contributed by atoms with Gasteiger partial charge in [-0.05, 0) is 31.5 Å². The van der Waals surface area contributed by atoms with Crippen molar-refractivity contribution in [3.05, 3.63) is 35.4 Å². The highest BCUT2D eigenvalue weighted by Gasteiger charge is 2.64. The molecule has 26 heavy (non-hydrogen) atoms. The van der Waals surface area contributed by atoms with Gasteiger partial charge in [-0.25, -0.2) is 0 Å². The van der Waals surface area contributed by atoms with Gasteiger partial charge < -0.3 is 24.5 Å². The predicted octanol–water partition coefficient (Wildman–Crippen LogP) is 1.33. The number of aliphatic hydroxyl groups is 1. The van der Waals surface area contributed by atoms with Crippen LogP contribution in [0.25, 0.3) is 0 Å². The average molecular weight is 360 g/mol. The quantitative estimate of drug-likeness (QED) is 0.618. The Bertz CT molecular complexity index is 825. The summed E-state index contributed by atoms with van der Waals surface area (Å²) < 4.78 is 10.7. The number of hydrogen-bond acceptors (Lipinski definition) is 7. The first-order valence-corrected chi connectivity index (χ1v) is 8.23. The van der Waals surface area contributed by atoms with E-state index in [1.807, 2.05) is 0 Å². The summed E-state index contributed by atoms with van der Waals surface area (Å²) in [4.78, 5) is 37.4. The molecular formula is C19H20O7. The number of carbonyl (C=O) groups is 3. The molecule has 1 aliphatic carbocycles. The van der Waals surface area contributed by atoms with Crippen LogP contribution in [0, 0.1) is 18.8 Å². The second kappa shape index (κ2) is 6.25. The number of fused-ring (bicyclic) bond motifs is 1. The minimum Gasteiger partial charge on any atom is -0.507 e. The molecule has 2 N–H and O–H groups in total. The number of ether oxygens (including phenoxy) is 2. The molecule has 0 fully saturated rings. The van der Waals surface area contributed by atoms with Crippen LogP contribution >= 0.6 is 0 Å². The fourth-order valence-corrected chi connectivity index (χ4v) is 3.87. The van der Waals surface area contributed by atoms with Crippen LogP contribution in [0.4, 0.5) is 0 Å². The Morgan fingerprint density at radius 1 is 1.31 bits per heavy atom. The maximum absolute atomic E-state index is 13.2. The first-order valence-electron chi connectivity index (χ1n) is 8.23. The smallest absolute Gasteiger partial charge is 0.313 e. The summed E-state index contributed by atoms with van der Waals surface area (Å²) in [6, 6.07) is 2.96. The predicted molar refractivity (Wildman–Crippen MR) is 90.0 cm³/mol. The molecule has 1 heterocycles. The molecule has 3 rings (SSSR count). The maximum atomic E-state index is 13.2. The first kappa shape index (κ1) is 18.1. The molecule has 138 valence electrons. The highest BCUT2D eigenvalue weighted by atomic mass is 16.5. The van der Waals surface area contributed by atoms with Crippen LogP contribution in [0.15, 0.2) is 24.3 Å². The average Bonchev–Trinajstić information content (AvgIpc) is 2.83. The SMILES string of the molecule is COC(=O)[C@H]1[C@@H](CC(C)=O)C=C[C@@H](O)[C@@]12Oc1cc(C)cc(O)c1C2=O. The number of phenols is 1. The van der Waals surface area contributed by atoms with E-state index >= 15 is 0 Å². The van der Waals surface area contributed by atoms with Gasteiger partial charge in [0.25, 0.3) is 0 Å². The molecule has 1 spiro atoms. The number of ketones is 2. The number of rotatable bonds is 3. The standard InChI is InChI=1S/C19H20O7/c1-9-6-12(21)15-13(7-9)26-19(17(15)23)14(22)5-4-11(8-10(2)20)16(19)18(24)25-3/h4-7,11,14,16,21-22H,8H2,1-3H3/t11-,14-,16-,19-/m1/s1. The van der Waals surface area contributed by atoms with Crippen molar-refractivity contribution in [1.82, 2.24) is 0 Å². The number of aryl methyl sites for hydroxylation is 1. The number of esters is 1. The molecular weight excluding hydrogens is 340 g/mol. The summed E-state index contributed by atoms with van der Waals surface area (Å²) in [6.07, 6.45) is 1.43. The molecule has 0 amide bonds. The molecule has 0 saturated carbocycles. The molecule has 2 aliphatic rings. The monoisotopic (exact) mass is 360 g/mol. The van der Waals surface area contributed by atoms with Crippen molar-refractivity contribution < 1.29 is 34.1 Å². The van der Waals surface area contributed by atoms with Gasteiger partial charge in [0.15, 0.2) is 0 Å². The fourth-order valence-electron chi connectivity index (χ4n) is 3.87. The van der Waals surface area contributed by atoms with E-state index in [1.165, 1.54) is 32.3 Å². The number of aliphatic hydroxyl groups excluding tert-OH is 1. The van der Waals surface area contributed by atoms with Crippen molar-refractivity contribution >= 4 is 17.5 Å². The van der Waals surface area contributed by atoms with Crippen LogP contribution in [0.2, 0.25) is 0 Å². The topological polar surface area (TPSA) is 110 Å². The van der Waals surface area contributed by atoms with Crippen molar-refractivity contribution in [2.24, 2.45) is 11.8 Å². The van der Waals surface area contributed by atoms with Crippen molar-refractivity contribution in [3.8, 4) is 11.5 Å². The Balaban J connectivity index is 2.18. The minimum absolute atomic E-state index is 0.0112. The number of Topliss-reactive ketones (excluding diaryl/α,β-unsaturated/α-hetero) is 2. The van der Waals surface area contributed by atoms with E-state index in [1.54, 1.807) is 13.0 Å². The summed E-state index contributed by atoms with van der Waals surface area (Å²) >= 11 is 0. The molecule has 1 aromatic rings. The van der Waals surface area contributed by atoms with Crippen molar-refractivity contribution in [3.63, 3.8) is 0 Å². The summed E-state index contributed by atoms with van der Waals surface area (Å²) in [5.41, 5.74) is -1.41. The summed E-state index contributed by atoms with van der Waals surface area (Å²) in [7, 11) is 1.17. The molecule has 4 atom stereocenters. The second-order valence-corrected chi connectivity index (χ2v) is 6.78. The number of allylic oxidation sites excluding steroid dienone is 1. The van der Waals surface area contributed by atoms with Crippen molar-refractivity contribution in [2.45, 2.75) is 32.0 Å². The zero-order chi connectivity index (χ0) is 19.2. The maximum Gasteiger partial charge on any atom is 0.313 e. The Morgan fingerprint density at radius 3 is 2.62 bits per heavy atom. The summed E-state index contributed by atoms with van der Waals surface area (Å²) in [5, 5.41) is 20.8. The van der Waals surface area contributed by atoms with Crippen molar-refractivity contribution in [2.75, 3.05) is 7.11 Å². The number of aromatic hydroxyl groups is 1.